The van der Waals surface area contributed by atoms with Crippen LogP contribution in [0.3, 0.4) is 0 Å². The average molecular weight is 504 g/mol. The minimum Gasteiger partial charge on any atom is -0.298 e. The number of hydrogen-bond acceptors (Lipinski definition) is 2. The van der Waals surface area contributed by atoms with Crippen molar-refractivity contribution in [2.45, 2.75) is 5.54 Å². The maximum Gasteiger partial charge on any atom is 0.162 e. The van der Waals surface area contributed by atoms with Crippen molar-refractivity contribution in [1.29, 1.82) is 0 Å². The molecule has 0 bridgehead atoms. The molecule has 6 aromatic carbocycles. The molecule has 6 aromatic rings. The minimum atomic E-state index is -0.935. The first-order chi connectivity index (χ1) is 19.3. The summed E-state index contributed by atoms with van der Waals surface area (Å²) in [5.74, 6) is 0. The van der Waals surface area contributed by atoms with Gasteiger partial charge in [0.05, 0.1) is 5.57 Å². The van der Waals surface area contributed by atoms with Gasteiger partial charge < -0.3 is 0 Å². The first kappa shape index (κ1) is 23.3. The normalized spacial score (nSPS) is 15.7. The third-order valence-electron chi connectivity index (χ3n) is 7.95. The van der Waals surface area contributed by atoms with E-state index in [9.17, 15) is 4.79 Å². The molecule has 3 nitrogen and oxygen atoms in total. The van der Waals surface area contributed by atoms with Crippen LogP contribution in [-0.2, 0) is 10.3 Å². The van der Waals surface area contributed by atoms with Gasteiger partial charge in [0.25, 0.3) is 0 Å². The second-order valence-corrected chi connectivity index (χ2v) is 10.0. The molecular weight excluding hydrogens is 476 g/mol. The molecule has 39 heavy (non-hydrogen) atoms. The summed E-state index contributed by atoms with van der Waals surface area (Å²) in [5.41, 5.74) is 7.94. The van der Waals surface area contributed by atoms with Gasteiger partial charge >= 0.3 is 0 Å². The van der Waals surface area contributed by atoms with E-state index in [2.05, 4.69) is 121 Å². The summed E-state index contributed by atoms with van der Waals surface area (Å²) in [4.78, 5) is 13.3. The van der Waals surface area contributed by atoms with E-state index in [0.29, 0.717) is 5.57 Å². The Balaban J connectivity index is 1.63. The lowest BCUT2D eigenvalue weighted by atomic mass is 9.75. The Morgan fingerprint density at radius 1 is 0.513 bits per heavy atom. The van der Waals surface area contributed by atoms with Crippen LogP contribution in [0.1, 0.15) is 11.1 Å². The van der Waals surface area contributed by atoms with Gasteiger partial charge in [-0.15, -0.1) is 5.43 Å². The summed E-state index contributed by atoms with van der Waals surface area (Å²) in [6.07, 6.45) is 3.11. The second kappa shape index (κ2) is 9.17. The number of carbonyl (C=O) groups excluding carboxylic acids is 1. The first-order valence-electron chi connectivity index (χ1n) is 13.2. The van der Waals surface area contributed by atoms with Crippen LogP contribution in [0, 0.1) is 0 Å². The molecule has 0 unspecified atom stereocenters. The number of para-hydroxylation sites is 2. The number of hydrogen-bond donors (Lipinski definition) is 1. The van der Waals surface area contributed by atoms with Gasteiger partial charge in [-0.2, -0.15) is 4.59 Å². The quantitative estimate of drug-likeness (QED) is 0.190. The van der Waals surface area contributed by atoms with Crippen LogP contribution in [0.5, 0.6) is 0 Å². The predicted octanol–water partition coefficient (Wildman–Crippen LogP) is 8.18. The van der Waals surface area contributed by atoms with Crippen LogP contribution in [0.2, 0.25) is 0 Å². The van der Waals surface area contributed by atoms with E-state index in [0.717, 1.165) is 50.3 Å². The fourth-order valence-corrected chi connectivity index (χ4v) is 6.22. The van der Waals surface area contributed by atoms with Gasteiger partial charge in [0.15, 0.2) is 23.2 Å². The zero-order chi connectivity index (χ0) is 26.3. The molecule has 1 heterocycles. The fourth-order valence-electron chi connectivity index (χ4n) is 6.22. The number of quaternary nitrogens is 1. The maximum absolute atomic E-state index is 13.3. The Kier molecular flexibility index (Phi) is 5.48. The molecule has 1 N–H and O–H groups in total. The molecule has 0 fully saturated rings. The lowest BCUT2D eigenvalue weighted by Gasteiger charge is -2.38. The van der Waals surface area contributed by atoms with E-state index in [1.807, 2.05) is 36.4 Å². The summed E-state index contributed by atoms with van der Waals surface area (Å²) >= 11 is 0. The Bertz CT molecular complexity index is 1730. The molecule has 0 spiro atoms. The third kappa shape index (κ3) is 3.48. The van der Waals surface area contributed by atoms with E-state index in [4.69, 9.17) is 0 Å². The lowest BCUT2D eigenvalue weighted by molar-refractivity contribution is -0.105. The fraction of sp³-hybridized carbons (Fsp3) is 0.0278. The maximum atomic E-state index is 13.3. The van der Waals surface area contributed by atoms with Gasteiger partial charge in [-0.25, -0.2) is 0 Å². The molecule has 3 heteroatoms. The first-order valence-corrected chi connectivity index (χ1v) is 13.2. The summed E-state index contributed by atoms with van der Waals surface area (Å²) in [7, 11) is 0. The summed E-state index contributed by atoms with van der Waals surface area (Å²) in [5, 5.41) is 4.47. The van der Waals surface area contributed by atoms with E-state index >= 15 is 0 Å². The van der Waals surface area contributed by atoms with Gasteiger partial charge in [0.2, 0.25) is 0 Å². The van der Waals surface area contributed by atoms with E-state index in [1.165, 1.54) is 0 Å². The van der Waals surface area contributed by atoms with Crippen molar-refractivity contribution in [1.82, 2.24) is 10.0 Å². The van der Waals surface area contributed by atoms with Gasteiger partial charge in [0.1, 0.15) is 6.20 Å². The summed E-state index contributed by atoms with van der Waals surface area (Å²) in [6, 6.07) is 50.3. The highest BCUT2D eigenvalue weighted by atomic mass is 16.1. The van der Waals surface area contributed by atoms with Crippen molar-refractivity contribution in [3.63, 3.8) is 0 Å². The summed E-state index contributed by atoms with van der Waals surface area (Å²) < 4.78 is 0.197. The number of benzene rings is 6. The predicted molar refractivity (Wildman–Crippen MR) is 160 cm³/mol. The Morgan fingerprint density at radius 2 is 0.949 bits per heavy atom. The third-order valence-corrected chi connectivity index (χ3v) is 7.95. The standard InChI is InChI=1S/C36H27N2O/c39-26-29-25-38(30-17-3-1-4-18-30,31-19-5-2-6-20-31)37-36(29,34-23-11-15-27-13-7-9-21-32(27)34)35-24-12-16-28-14-8-10-22-33(28)35/h1-26,37H/q+1. The highest BCUT2D eigenvalue weighted by Gasteiger charge is 2.55. The number of fused-ring (bicyclic) bond motifs is 2. The van der Waals surface area contributed by atoms with Crippen molar-refractivity contribution in [2.75, 3.05) is 0 Å². The van der Waals surface area contributed by atoms with E-state index in [-0.39, 0.29) is 4.59 Å². The van der Waals surface area contributed by atoms with Crippen LogP contribution in [0.4, 0.5) is 11.4 Å². The highest BCUT2D eigenvalue weighted by molar-refractivity contribution is 5.96. The van der Waals surface area contributed by atoms with Gasteiger partial charge in [-0.05, 0) is 32.7 Å². The number of carbonyl (C=O) groups is 1. The van der Waals surface area contributed by atoms with Crippen molar-refractivity contribution in [3.05, 3.63) is 168 Å². The van der Waals surface area contributed by atoms with Crippen LogP contribution >= 0.6 is 0 Å². The topological polar surface area (TPSA) is 29.1 Å². The molecule has 0 aromatic heterocycles. The van der Waals surface area contributed by atoms with Crippen LogP contribution in [0.25, 0.3) is 21.5 Å². The van der Waals surface area contributed by atoms with Crippen molar-refractivity contribution >= 4 is 39.2 Å². The molecule has 0 amide bonds. The van der Waals surface area contributed by atoms with Crippen molar-refractivity contribution in [3.8, 4) is 0 Å². The molecule has 0 radical (unpaired) electrons. The molecule has 1 aliphatic heterocycles. The Hall–Kier alpha value is -4.83. The van der Waals surface area contributed by atoms with Crippen LogP contribution in [-0.4, -0.2) is 6.29 Å². The van der Waals surface area contributed by atoms with E-state index < -0.39 is 5.54 Å². The second-order valence-electron chi connectivity index (χ2n) is 10.0. The zero-order valence-corrected chi connectivity index (χ0v) is 21.4. The molecule has 0 aliphatic carbocycles. The molecule has 1 aliphatic rings. The number of nitrogens with zero attached hydrogens (tertiary/aromatic N) is 1. The largest absolute Gasteiger partial charge is 0.298 e. The monoisotopic (exact) mass is 503 g/mol. The molecule has 0 saturated heterocycles. The summed E-state index contributed by atoms with van der Waals surface area (Å²) in [6.45, 7) is 0. The minimum absolute atomic E-state index is 0.197. The number of rotatable bonds is 5. The molecule has 7 rings (SSSR count). The highest BCUT2D eigenvalue weighted by Crippen LogP contribution is 2.50. The smallest absolute Gasteiger partial charge is 0.162 e. The average Bonchev–Trinajstić information content (AvgIpc) is 3.39. The molecule has 0 saturated carbocycles. The van der Waals surface area contributed by atoms with Crippen molar-refractivity contribution in [2.24, 2.45) is 0 Å². The Morgan fingerprint density at radius 3 is 1.44 bits per heavy atom. The molecular formula is C36H27N2O+. The number of nitrogens with one attached hydrogen (secondary N) is 1. The van der Waals surface area contributed by atoms with Gasteiger partial charge in [-0.3, -0.25) is 4.79 Å². The Labute approximate surface area is 227 Å². The number of aldehydes is 1. The van der Waals surface area contributed by atoms with E-state index in [1.54, 1.807) is 0 Å². The SMILES string of the molecule is O=CC1=C[N+](c2ccccc2)(c2ccccc2)NC1(c1cccc2ccccc12)c1cccc2ccccc12. The van der Waals surface area contributed by atoms with Crippen LogP contribution < -0.4 is 10.0 Å². The van der Waals surface area contributed by atoms with Gasteiger partial charge in [-0.1, -0.05) is 121 Å². The lowest BCUT2D eigenvalue weighted by Crippen LogP contribution is -2.56. The zero-order valence-electron chi connectivity index (χ0n) is 21.4. The van der Waals surface area contributed by atoms with Crippen molar-refractivity contribution < 1.29 is 4.79 Å². The van der Waals surface area contributed by atoms with Crippen LogP contribution in [0.15, 0.2) is 157 Å². The molecule has 0 atom stereocenters. The molecule has 186 valence electrons. The van der Waals surface area contributed by atoms with Gasteiger partial charge in [0, 0.05) is 24.3 Å².